The van der Waals surface area contributed by atoms with Gasteiger partial charge in [-0.15, -0.1) is 0 Å². The molecular weight excluding hydrogens is 252 g/mol. The van der Waals surface area contributed by atoms with Crippen molar-refractivity contribution in [1.29, 1.82) is 0 Å². The van der Waals surface area contributed by atoms with Crippen LogP contribution in [0.15, 0.2) is 24.3 Å². The van der Waals surface area contributed by atoms with E-state index in [1.165, 1.54) is 37.8 Å². The standard InChI is InChI=1S/C17H26O3/c1-17(2,3)12-6-4-5-7-13-20-15-10-8-14(9-11-15)16(18)19/h8-11H,4-7,12-13H2,1-3H3,(H,18,19)/p-1. The predicted octanol–water partition coefficient (Wildman–Crippen LogP) is 3.43. The highest BCUT2D eigenvalue weighted by atomic mass is 16.5. The van der Waals surface area contributed by atoms with E-state index in [0.717, 1.165) is 6.42 Å². The van der Waals surface area contributed by atoms with Crippen molar-refractivity contribution in [1.82, 2.24) is 0 Å². The Bertz CT molecular complexity index is 401. The fourth-order valence-corrected chi connectivity index (χ4v) is 1.99. The number of carbonyl (C=O) groups excluding carboxylic acids is 1. The summed E-state index contributed by atoms with van der Waals surface area (Å²) in [6, 6.07) is 6.36. The van der Waals surface area contributed by atoms with Gasteiger partial charge in [0.1, 0.15) is 5.75 Å². The second kappa shape index (κ2) is 7.93. The number of rotatable bonds is 8. The molecule has 112 valence electrons. The summed E-state index contributed by atoms with van der Waals surface area (Å²) in [6.45, 7) is 7.49. The molecule has 3 heteroatoms. The van der Waals surface area contributed by atoms with Crippen molar-refractivity contribution >= 4 is 5.97 Å². The number of carboxylic acid groups (broad SMARTS) is 1. The minimum Gasteiger partial charge on any atom is -0.545 e. The van der Waals surface area contributed by atoms with Crippen molar-refractivity contribution in [2.75, 3.05) is 6.61 Å². The van der Waals surface area contributed by atoms with Crippen LogP contribution >= 0.6 is 0 Å². The van der Waals surface area contributed by atoms with E-state index in [2.05, 4.69) is 20.8 Å². The van der Waals surface area contributed by atoms with E-state index in [9.17, 15) is 9.90 Å². The average molecular weight is 277 g/mol. The van der Waals surface area contributed by atoms with Gasteiger partial charge in [-0.25, -0.2) is 0 Å². The number of benzene rings is 1. The summed E-state index contributed by atoms with van der Waals surface area (Å²) < 4.78 is 5.57. The van der Waals surface area contributed by atoms with Crippen LogP contribution in [0, 0.1) is 5.41 Å². The van der Waals surface area contributed by atoms with Crippen LogP contribution in [-0.2, 0) is 0 Å². The maximum Gasteiger partial charge on any atom is 0.119 e. The van der Waals surface area contributed by atoms with E-state index in [1.807, 2.05) is 0 Å². The van der Waals surface area contributed by atoms with Gasteiger partial charge in [-0.05, 0) is 48.1 Å². The zero-order valence-electron chi connectivity index (χ0n) is 12.8. The first-order chi connectivity index (χ1) is 9.38. The molecule has 0 saturated heterocycles. The van der Waals surface area contributed by atoms with Crippen molar-refractivity contribution in [3.05, 3.63) is 29.8 Å². The van der Waals surface area contributed by atoms with Crippen molar-refractivity contribution in [2.45, 2.75) is 52.9 Å². The van der Waals surface area contributed by atoms with Crippen molar-refractivity contribution in [3.8, 4) is 5.75 Å². The molecule has 0 heterocycles. The molecule has 0 bridgehead atoms. The van der Waals surface area contributed by atoms with E-state index in [1.54, 1.807) is 12.1 Å². The van der Waals surface area contributed by atoms with Crippen LogP contribution in [0.25, 0.3) is 0 Å². The monoisotopic (exact) mass is 277 g/mol. The largest absolute Gasteiger partial charge is 0.545 e. The lowest BCUT2D eigenvalue weighted by Gasteiger charge is -2.17. The van der Waals surface area contributed by atoms with Gasteiger partial charge in [0.2, 0.25) is 0 Å². The summed E-state index contributed by atoms with van der Waals surface area (Å²) in [4.78, 5) is 10.6. The third-order valence-corrected chi connectivity index (χ3v) is 3.18. The highest BCUT2D eigenvalue weighted by Gasteiger charge is 2.08. The molecule has 3 nitrogen and oxygen atoms in total. The van der Waals surface area contributed by atoms with Crippen LogP contribution in [0.3, 0.4) is 0 Å². The van der Waals surface area contributed by atoms with Gasteiger partial charge in [0.25, 0.3) is 0 Å². The third-order valence-electron chi connectivity index (χ3n) is 3.18. The van der Waals surface area contributed by atoms with Gasteiger partial charge in [0.15, 0.2) is 0 Å². The number of unbranched alkanes of at least 4 members (excludes halogenated alkanes) is 3. The molecule has 0 aliphatic rings. The Morgan fingerprint density at radius 3 is 2.20 bits per heavy atom. The Labute approximate surface area is 122 Å². The van der Waals surface area contributed by atoms with E-state index in [4.69, 9.17) is 4.74 Å². The van der Waals surface area contributed by atoms with Crippen LogP contribution in [-0.4, -0.2) is 12.6 Å². The Hall–Kier alpha value is -1.51. The van der Waals surface area contributed by atoms with Crippen LogP contribution < -0.4 is 9.84 Å². The molecule has 0 N–H and O–H groups in total. The molecule has 0 radical (unpaired) electrons. The number of hydrogen-bond acceptors (Lipinski definition) is 3. The molecule has 0 amide bonds. The summed E-state index contributed by atoms with van der Waals surface area (Å²) in [5.41, 5.74) is 0.608. The normalized spacial score (nSPS) is 11.3. The molecule has 1 aromatic carbocycles. The van der Waals surface area contributed by atoms with Gasteiger partial charge in [0.05, 0.1) is 12.6 Å². The predicted molar refractivity (Wildman–Crippen MR) is 78.8 cm³/mol. The molecule has 1 aromatic rings. The minimum absolute atomic E-state index is 0.180. The highest BCUT2D eigenvalue weighted by molar-refractivity contribution is 5.85. The molecule has 1 rings (SSSR count). The van der Waals surface area contributed by atoms with Crippen molar-refractivity contribution in [2.24, 2.45) is 5.41 Å². The Balaban J connectivity index is 2.11. The van der Waals surface area contributed by atoms with E-state index < -0.39 is 5.97 Å². The van der Waals surface area contributed by atoms with Crippen LogP contribution in [0.5, 0.6) is 5.75 Å². The average Bonchev–Trinajstić information content (AvgIpc) is 2.37. The third kappa shape index (κ3) is 7.17. The number of carbonyl (C=O) groups is 1. The molecule has 0 saturated carbocycles. The van der Waals surface area contributed by atoms with E-state index in [-0.39, 0.29) is 5.56 Å². The summed E-state index contributed by atoms with van der Waals surface area (Å²) in [5, 5.41) is 10.6. The SMILES string of the molecule is CC(C)(C)CCCCCCOc1ccc(C(=O)[O-])cc1. The zero-order valence-corrected chi connectivity index (χ0v) is 12.8. The molecule has 20 heavy (non-hydrogen) atoms. The number of carboxylic acids is 1. The molecule has 0 aliphatic carbocycles. The Morgan fingerprint density at radius 2 is 1.65 bits per heavy atom. The lowest BCUT2D eigenvalue weighted by molar-refractivity contribution is -0.255. The van der Waals surface area contributed by atoms with Gasteiger partial charge >= 0.3 is 0 Å². The van der Waals surface area contributed by atoms with Gasteiger partial charge < -0.3 is 14.6 Å². The molecule has 0 atom stereocenters. The Kier molecular flexibility index (Phi) is 6.56. The summed E-state index contributed by atoms with van der Waals surface area (Å²) in [6.07, 6.45) is 5.98. The fourth-order valence-electron chi connectivity index (χ4n) is 1.99. The van der Waals surface area contributed by atoms with Crippen molar-refractivity contribution < 1.29 is 14.6 Å². The summed E-state index contributed by atoms with van der Waals surface area (Å²) in [5.74, 6) is -0.444. The first-order valence-electron chi connectivity index (χ1n) is 7.33. The molecule has 0 unspecified atom stereocenters. The Morgan fingerprint density at radius 1 is 1.05 bits per heavy atom. The van der Waals surface area contributed by atoms with E-state index >= 15 is 0 Å². The van der Waals surface area contributed by atoms with Gasteiger partial charge in [-0.3, -0.25) is 0 Å². The summed E-state index contributed by atoms with van der Waals surface area (Å²) >= 11 is 0. The number of aromatic carboxylic acids is 1. The first kappa shape index (κ1) is 16.5. The molecule has 0 aliphatic heterocycles. The lowest BCUT2D eigenvalue weighted by Crippen LogP contribution is -2.21. The second-order valence-electron chi connectivity index (χ2n) is 6.39. The quantitative estimate of drug-likeness (QED) is 0.684. The topological polar surface area (TPSA) is 49.4 Å². The lowest BCUT2D eigenvalue weighted by atomic mass is 9.89. The number of ether oxygens (including phenoxy) is 1. The molecule has 0 fully saturated rings. The van der Waals surface area contributed by atoms with Crippen molar-refractivity contribution in [3.63, 3.8) is 0 Å². The van der Waals surface area contributed by atoms with E-state index in [0.29, 0.717) is 17.8 Å². The molecule has 0 spiro atoms. The molecule has 0 aromatic heterocycles. The van der Waals surface area contributed by atoms with Crippen LogP contribution in [0.4, 0.5) is 0 Å². The minimum atomic E-state index is -1.16. The highest BCUT2D eigenvalue weighted by Crippen LogP contribution is 2.22. The van der Waals surface area contributed by atoms with Gasteiger partial charge in [-0.2, -0.15) is 0 Å². The summed E-state index contributed by atoms with van der Waals surface area (Å²) in [7, 11) is 0. The molecular formula is C17H25O3-. The second-order valence-corrected chi connectivity index (χ2v) is 6.39. The fraction of sp³-hybridized carbons (Fsp3) is 0.588. The van der Waals surface area contributed by atoms with Gasteiger partial charge in [0, 0.05) is 0 Å². The number of hydrogen-bond donors (Lipinski definition) is 0. The zero-order chi connectivity index (χ0) is 15.0. The maximum atomic E-state index is 10.6. The van der Waals surface area contributed by atoms with Crippen LogP contribution in [0.1, 0.15) is 63.2 Å². The first-order valence-corrected chi connectivity index (χ1v) is 7.33. The van der Waals surface area contributed by atoms with Gasteiger partial charge in [-0.1, -0.05) is 40.0 Å². The van der Waals surface area contributed by atoms with Crippen LogP contribution in [0.2, 0.25) is 0 Å². The maximum absolute atomic E-state index is 10.6. The smallest absolute Gasteiger partial charge is 0.119 e.